The molecule has 116 valence electrons. The van der Waals surface area contributed by atoms with Crippen LogP contribution in [0.25, 0.3) is 0 Å². The van der Waals surface area contributed by atoms with Crippen molar-refractivity contribution in [3.63, 3.8) is 0 Å². The minimum Gasteiger partial charge on any atom is -0.356 e. The first-order valence-electron chi connectivity index (χ1n) is 7.88. The molecule has 1 rings (SSSR count). The first kappa shape index (κ1) is 17.0. The lowest BCUT2D eigenvalue weighted by molar-refractivity contribution is -0.128. The minimum atomic E-state index is -0.361. The molecule has 0 unspecified atom stereocenters. The summed E-state index contributed by atoms with van der Waals surface area (Å²) in [6, 6.07) is 0.348. The van der Waals surface area contributed by atoms with E-state index in [9.17, 15) is 9.59 Å². The zero-order valence-electron chi connectivity index (χ0n) is 13.4. The van der Waals surface area contributed by atoms with E-state index in [2.05, 4.69) is 17.6 Å². The van der Waals surface area contributed by atoms with Gasteiger partial charge in [-0.2, -0.15) is 0 Å². The molecule has 2 N–H and O–H groups in total. The van der Waals surface area contributed by atoms with Crippen LogP contribution in [0.3, 0.4) is 0 Å². The van der Waals surface area contributed by atoms with E-state index in [0.717, 1.165) is 6.42 Å². The molecule has 4 nitrogen and oxygen atoms in total. The molecule has 1 saturated carbocycles. The molecule has 0 radical (unpaired) electrons. The summed E-state index contributed by atoms with van der Waals surface area (Å²) >= 11 is 0. The molecule has 1 aliphatic rings. The van der Waals surface area contributed by atoms with Crippen LogP contribution in [0.2, 0.25) is 0 Å². The third-order valence-corrected chi connectivity index (χ3v) is 4.01. The van der Waals surface area contributed by atoms with Crippen molar-refractivity contribution in [1.82, 2.24) is 10.6 Å². The molecule has 2 amide bonds. The normalized spacial score (nSPS) is 23.2. The third-order valence-electron chi connectivity index (χ3n) is 4.01. The largest absolute Gasteiger partial charge is 0.356 e. The lowest BCUT2D eigenvalue weighted by Gasteiger charge is -2.29. The van der Waals surface area contributed by atoms with Crippen molar-refractivity contribution in [2.45, 2.75) is 72.3 Å². The van der Waals surface area contributed by atoms with Crippen molar-refractivity contribution in [3.05, 3.63) is 0 Å². The van der Waals surface area contributed by atoms with Crippen molar-refractivity contribution in [2.24, 2.45) is 11.3 Å². The van der Waals surface area contributed by atoms with Crippen LogP contribution in [0.1, 0.15) is 66.2 Å². The molecule has 1 aliphatic carbocycles. The van der Waals surface area contributed by atoms with Gasteiger partial charge in [0.15, 0.2) is 0 Å². The molecule has 0 aromatic rings. The summed E-state index contributed by atoms with van der Waals surface area (Å²) in [5.74, 6) is 0.751. The maximum absolute atomic E-state index is 11.9. The van der Waals surface area contributed by atoms with E-state index in [1.165, 1.54) is 19.3 Å². The van der Waals surface area contributed by atoms with Gasteiger partial charge in [0.05, 0.1) is 0 Å². The number of rotatable bonds is 5. The van der Waals surface area contributed by atoms with Crippen LogP contribution in [0.4, 0.5) is 0 Å². The summed E-state index contributed by atoms with van der Waals surface area (Å²) in [6.45, 7) is 8.45. The molecule has 0 heterocycles. The first-order valence-corrected chi connectivity index (χ1v) is 7.88. The summed E-state index contributed by atoms with van der Waals surface area (Å²) in [5, 5.41) is 6.01. The summed E-state index contributed by atoms with van der Waals surface area (Å²) < 4.78 is 0. The smallest absolute Gasteiger partial charge is 0.225 e. The van der Waals surface area contributed by atoms with Gasteiger partial charge in [0.2, 0.25) is 11.8 Å². The minimum absolute atomic E-state index is 0.0406. The van der Waals surface area contributed by atoms with Gasteiger partial charge in [-0.1, -0.05) is 40.5 Å². The van der Waals surface area contributed by atoms with E-state index in [1.807, 2.05) is 20.8 Å². The highest BCUT2D eigenvalue weighted by molar-refractivity contribution is 5.81. The Bertz CT molecular complexity index is 334. The average molecular weight is 282 g/mol. The van der Waals surface area contributed by atoms with E-state index in [1.54, 1.807) is 0 Å². The topological polar surface area (TPSA) is 58.2 Å². The predicted molar refractivity (Wildman–Crippen MR) is 81.3 cm³/mol. The molecular weight excluding hydrogens is 252 g/mol. The molecule has 4 heteroatoms. The summed E-state index contributed by atoms with van der Waals surface area (Å²) in [4.78, 5) is 23.5. The lowest BCUT2D eigenvalue weighted by atomic mass is 9.86. The van der Waals surface area contributed by atoms with E-state index in [4.69, 9.17) is 0 Å². The van der Waals surface area contributed by atoms with Crippen LogP contribution in [0.15, 0.2) is 0 Å². The number of carbonyl (C=O) groups excluding carboxylic acids is 2. The number of hydrogen-bond donors (Lipinski definition) is 2. The van der Waals surface area contributed by atoms with Gasteiger partial charge < -0.3 is 10.6 Å². The molecule has 20 heavy (non-hydrogen) atoms. The van der Waals surface area contributed by atoms with E-state index >= 15 is 0 Å². The maximum Gasteiger partial charge on any atom is 0.225 e. The highest BCUT2D eigenvalue weighted by atomic mass is 16.2. The van der Waals surface area contributed by atoms with Gasteiger partial charge in [-0.3, -0.25) is 9.59 Å². The van der Waals surface area contributed by atoms with Gasteiger partial charge >= 0.3 is 0 Å². The van der Waals surface area contributed by atoms with Crippen LogP contribution in [0.5, 0.6) is 0 Å². The van der Waals surface area contributed by atoms with Crippen LogP contribution in [-0.4, -0.2) is 24.4 Å². The molecule has 0 spiro atoms. The zero-order valence-corrected chi connectivity index (χ0v) is 13.4. The summed E-state index contributed by atoms with van der Waals surface area (Å²) in [5.41, 5.74) is -0.361. The first-order chi connectivity index (χ1) is 9.30. The molecule has 0 aliphatic heterocycles. The predicted octanol–water partition coefficient (Wildman–Crippen LogP) is 2.62. The average Bonchev–Trinajstić information content (AvgIpc) is 2.36. The fraction of sp³-hybridized carbons (Fsp3) is 0.875. The number of nitrogens with one attached hydrogen (secondary N) is 2. The number of hydrogen-bond acceptors (Lipinski definition) is 2. The lowest BCUT2D eigenvalue weighted by Crippen LogP contribution is -2.41. The monoisotopic (exact) mass is 282 g/mol. The van der Waals surface area contributed by atoms with Crippen LogP contribution in [-0.2, 0) is 9.59 Å². The second-order valence-electron chi connectivity index (χ2n) is 7.05. The van der Waals surface area contributed by atoms with E-state index < -0.39 is 0 Å². The Morgan fingerprint density at radius 1 is 1.15 bits per heavy atom. The molecule has 0 aromatic heterocycles. The zero-order chi connectivity index (χ0) is 15.2. The second-order valence-corrected chi connectivity index (χ2v) is 7.05. The SMILES string of the molecule is C[C@@H]1CCCC[C@H]1NC(=O)CCCNC(=O)C(C)(C)C. The standard InChI is InChI=1S/C16H30N2O2/c1-12-8-5-6-9-13(12)18-14(19)10-7-11-17-15(20)16(2,3)4/h12-13H,5-11H2,1-4H3,(H,17,20)(H,18,19)/t12-,13-/m1/s1. The summed E-state index contributed by atoms with van der Waals surface area (Å²) in [7, 11) is 0. The fourth-order valence-corrected chi connectivity index (χ4v) is 2.53. The van der Waals surface area contributed by atoms with Crippen molar-refractivity contribution in [1.29, 1.82) is 0 Å². The quantitative estimate of drug-likeness (QED) is 0.762. The summed E-state index contributed by atoms with van der Waals surface area (Å²) in [6.07, 6.45) is 6.02. The second kappa shape index (κ2) is 7.65. The van der Waals surface area contributed by atoms with Crippen LogP contribution < -0.4 is 10.6 Å². The molecular formula is C16H30N2O2. The Labute approximate surface area is 123 Å². The fourth-order valence-electron chi connectivity index (χ4n) is 2.53. The van der Waals surface area contributed by atoms with Gasteiger partial charge in [-0.05, 0) is 25.2 Å². The Morgan fingerprint density at radius 3 is 2.40 bits per heavy atom. The Balaban J connectivity index is 2.16. The number of amides is 2. The van der Waals surface area contributed by atoms with E-state index in [-0.39, 0.29) is 17.2 Å². The van der Waals surface area contributed by atoms with Gasteiger partial charge in [-0.15, -0.1) is 0 Å². The highest BCUT2D eigenvalue weighted by Crippen LogP contribution is 2.23. The Morgan fingerprint density at radius 2 is 1.80 bits per heavy atom. The molecule has 1 fully saturated rings. The highest BCUT2D eigenvalue weighted by Gasteiger charge is 2.23. The third kappa shape index (κ3) is 5.93. The van der Waals surface area contributed by atoms with Crippen molar-refractivity contribution >= 4 is 11.8 Å². The van der Waals surface area contributed by atoms with Gasteiger partial charge in [0.1, 0.15) is 0 Å². The van der Waals surface area contributed by atoms with Gasteiger partial charge in [0.25, 0.3) is 0 Å². The number of carbonyl (C=O) groups is 2. The van der Waals surface area contributed by atoms with Crippen LogP contribution in [0, 0.1) is 11.3 Å². The Hall–Kier alpha value is -1.06. The molecule has 0 aromatic carbocycles. The Kier molecular flexibility index (Phi) is 6.50. The molecule has 0 bridgehead atoms. The van der Waals surface area contributed by atoms with Crippen LogP contribution >= 0.6 is 0 Å². The van der Waals surface area contributed by atoms with Gasteiger partial charge in [-0.25, -0.2) is 0 Å². The maximum atomic E-state index is 11.9. The van der Waals surface area contributed by atoms with Crippen molar-refractivity contribution < 1.29 is 9.59 Å². The molecule has 0 saturated heterocycles. The van der Waals surface area contributed by atoms with Crippen molar-refractivity contribution in [2.75, 3.05) is 6.54 Å². The van der Waals surface area contributed by atoms with Gasteiger partial charge in [0, 0.05) is 24.4 Å². The molecule has 2 atom stereocenters. The van der Waals surface area contributed by atoms with Crippen molar-refractivity contribution in [3.8, 4) is 0 Å². The van der Waals surface area contributed by atoms with E-state index in [0.29, 0.717) is 31.3 Å².